The van der Waals surface area contributed by atoms with E-state index in [2.05, 4.69) is 30.9 Å². The van der Waals surface area contributed by atoms with E-state index >= 15 is 0 Å². The van der Waals surface area contributed by atoms with Crippen molar-refractivity contribution in [2.75, 3.05) is 31.1 Å². The summed E-state index contributed by atoms with van der Waals surface area (Å²) in [6.07, 6.45) is 6.17. The Morgan fingerprint density at radius 1 is 1.03 bits per heavy atom. The van der Waals surface area contributed by atoms with Gasteiger partial charge in [-0.2, -0.15) is 10.4 Å². The maximum absolute atomic E-state index is 9.29. The molecular formula is C20H22N8S. The fraction of sp³-hybridized carbons (Fsp3) is 0.350. The number of aromatic nitrogens is 5. The van der Waals surface area contributed by atoms with Crippen molar-refractivity contribution in [2.24, 2.45) is 0 Å². The third-order valence-electron chi connectivity index (χ3n) is 5.04. The van der Waals surface area contributed by atoms with E-state index in [9.17, 15) is 5.26 Å². The monoisotopic (exact) mass is 406 g/mol. The average molecular weight is 407 g/mol. The Bertz CT molecular complexity index is 1040. The number of hydrogen-bond acceptors (Lipinski definition) is 7. The minimum Gasteiger partial charge on any atom is -0.353 e. The molecule has 0 unspecified atom stereocenters. The summed E-state index contributed by atoms with van der Waals surface area (Å²) in [4.78, 5) is 13.2. The molecule has 0 saturated carbocycles. The van der Waals surface area contributed by atoms with E-state index in [0.717, 1.165) is 55.4 Å². The Labute approximate surface area is 174 Å². The van der Waals surface area contributed by atoms with Gasteiger partial charge in [0.05, 0.1) is 12.2 Å². The van der Waals surface area contributed by atoms with Gasteiger partial charge < -0.3 is 9.47 Å². The number of aryl methyl sites for hydroxylation is 2. The summed E-state index contributed by atoms with van der Waals surface area (Å²) in [5, 5.41) is 13.8. The molecule has 1 fully saturated rings. The number of rotatable bonds is 6. The van der Waals surface area contributed by atoms with Gasteiger partial charge >= 0.3 is 0 Å². The van der Waals surface area contributed by atoms with E-state index in [0.29, 0.717) is 12.2 Å². The molecule has 0 atom stereocenters. The highest BCUT2D eigenvalue weighted by molar-refractivity contribution is 7.71. The Kier molecular flexibility index (Phi) is 5.93. The van der Waals surface area contributed by atoms with Crippen molar-refractivity contribution in [3.63, 3.8) is 0 Å². The van der Waals surface area contributed by atoms with Crippen LogP contribution in [0.4, 0.5) is 5.82 Å². The molecule has 148 valence electrons. The molecule has 0 amide bonds. The summed E-state index contributed by atoms with van der Waals surface area (Å²) in [5.41, 5.74) is 1.67. The second kappa shape index (κ2) is 8.94. The minimum absolute atomic E-state index is 0.620. The van der Waals surface area contributed by atoms with Gasteiger partial charge in [0.25, 0.3) is 0 Å². The van der Waals surface area contributed by atoms with Crippen LogP contribution in [0.25, 0.3) is 0 Å². The summed E-state index contributed by atoms with van der Waals surface area (Å²) >= 11 is 5.60. The van der Waals surface area contributed by atoms with Crippen LogP contribution in [-0.2, 0) is 19.6 Å². The molecule has 0 bridgehead atoms. The molecule has 1 aliphatic rings. The third kappa shape index (κ3) is 4.50. The lowest BCUT2D eigenvalue weighted by atomic mass is 10.2. The van der Waals surface area contributed by atoms with Crippen molar-refractivity contribution in [3.05, 3.63) is 65.1 Å². The van der Waals surface area contributed by atoms with E-state index in [1.54, 1.807) is 18.6 Å². The van der Waals surface area contributed by atoms with Crippen LogP contribution >= 0.6 is 12.2 Å². The van der Waals surface area contributed by atoms with Crippen molar-refractivity contribution in [1.82, 2.24) is 29.2 Å². The van der Waals surface area contributed by atoms with E-state index in [1.807, 2.05) is 39.7 Å². The molecule has 29 heavy (non-hydrogen) atoms. The molecule has 1 saturated heterocycles. The minimum atomic E-state index is 0.620. The van der Waals surface area contributed by atoms with Crippen LogP contribution in [0.15, 0.2) is 49.1 Å². The molecule has 0 aromatic carbocycles. The Morgan fingerprint density at radius 2 is 1.86 bits per heavy atom. The van der Waals surface area contributed by atoms with E-state index in [4.69, 9.17) is 12.2 Å². The van der Waals surface area contributed by atoms with Crippen LogP contribution in [0.1, 0.15) is 11.3 Å². The standard InChI is InChI=1S/C20H22N8S/c21-14-17-4-3-8-23-19(17)26-12-10-25(11-13-26)16-28-20(29)27(15-24-28)9-6-18-5-1-2-7-22-18/h1-5,7-8,15H,6,9-13,16H2. The normalized spacial score (nSPS) is 14.7. The summed E-state index contributed by atoms with van der Waals surface area (Å²) in [7, 11) is 0. The first-order valence-corrected chi connectivity index (χ1v) is 10.00. The highest BCUT2D eigenvalue weighted by Gasteiger charge is 2.20. The first-order chi connectivity index (χ1) is 14.2. The molecule has 3 aromatic rings. The van der Waals surface area contributed by atoms with Gasteiger partial charge in [-0.05, 0) is 36.5 Å². The van der Waals surface area contributed by atoms with Crippen molar-refractivity contribution >= 4 is 18.0 Å². The topological polar surface area (TPSA) is 78.8 Å². The molecule has 1 aliphatic heterocycles. The highest BCUT2D eigenvalue weighted by Crippen LogP contribution is 2.18. The second-order valence-electron chi connectivity index (χ2n) is 6.91. The van der Waals surface area contributed by atoms with Crippen molar-refractivity contribution in [1.29, 1.82) is 5.26 Å². The van der Waals surface area contributed by atoms with Crippen molar-refractivity contribution < 1.29 is 0 Å². The largest absolute Gasteiger partial charge is 0.353 e. The van der Waals surface area contributed by atoms with Crippen LogP contribution < -0.4 is 4.90 Å². The number of piperazine rings is 1. The van der Waals surface area contributed by atoms with E-state index < -0.39 is 0 Å². The fourth-order valence-electron chi connectivity index (χ4n) is 3.43. The number of nitrogens with zero attached hydrogens (tertiary/aromatic N) is 8. The Morgan fingerprint density at radius 3 is 2.62 bits per heavy atom. The van der Waals surface area contributed by atoms with Crippen LogP contribution in [0, 0.1) is 16.1 Å². The van der Waals surface area contributed by atoms with Gasteiger partial charge in [-0.15, -0.1) is 0 Å². The zero-order valence-corrected chi connectivity index (χ0v) is 16.9. The van der Waals surface area contributed by atoms with Gasteiger partial charge in [0.1, 0.15) is 18.2 Å². The van der Waals surface area contributed by atoms with Gasteiger partial charge in [-0.25, -0.2) is 9.67 Å². The molecule has 0 spiro atoms. The van der Waals surface area contributed by atoms with Crippen LogP contribution in [0.2, 0.25) is 0 Å². The molecule has 3 aromatic heterocycles. The summed E-state index contributed by atoms with van der Waals surface area (Å²) in [6, 6.07) is 11.8. The number of nitriles is 1. The van der Waals surface area contributed by atoms with Crippen LogP contribution in [-0.4, -0.2) is 55.4 Å². The smallest absolute Gasteiger partial charge is 0.198 e. The lowest BCUT2D eigenvalue weighted by molar-refractivity contribution is 0.193. The summed E-state index contributed by atoms with van der Waals surface area (Å²) in [6.45, 7) is 4.80. The molecular weight excluding hydrogens is 384 g/mol. The predicted octanol–water partition coefficient (Wildman–Crippen LogP) is 2.10. The fourth-order valence-corrected chi connectivity index (χ4v) is 3.67. The van der Waals surface area contributed by atoms with Crippen molar-refractivity contribution in [3.8, 4) is 6.07 Å². The third-order valence-corrected chi connectivity index (χ3v) is 5.49. The average Bonchev–Trinajstić information content (AvgIpc) is 3.12. The van der Waals surface area contributed by atoms with E-state index in [-0.39, 0.29) is 0 Å². The maximum atomic E-state index is 9.29. The summed E-state index contributed by atoms with van der Waals surface area (Å²) < 4.78 is 4.58. The van der Waals surface area contributed by atoms with Gasteiger partial charge in [0.2, 0.25) is 0 Å². The molecule has 8 nitrogen and oxygen atoms in total. The molecule has 4 heterocycles. The van der Waals surface area contributed by atoms with Gasteiger partial charge in [-0.1, -0.05) is 6.07 Å². The van der Waals surface area contributed by atoms with Gasteiger partial charge in [0.15, 0.2) is 4.77 Å². The maximum Gasteiger partial charge on any atom is 0.198 e. The van der Waals surface area contributed by atoms with Crippen LogP contribution in [0.3, 0.4) is 0 Å². The quantitative estimate of drug-likeness (QED) is 0.580. The molecule has 4 rings (SSSR count). The number of pyridine rings is 2. The molecule has 0 N–H and O–H groups in total. The first-order valence-electron chi connectivity index (χ1n) is 9.59. The lowest BCUT2D eigenvalue weighted by Gasteiger charge is -2.35. The Balaban J connectivity index is 1.33. The molecule has 0 radical (unpaired) electrons. The van der Waals surface area contributed by atoms with Crippen molar-refractivity contribution in [2.45, 2.75) is 19.6 Å². The SMILES string of the molecule is N#Cc1cccnc1N1CCN(Cn2ncn(CCc3ccccn3)c2=S)CC1. The molecule has 0 aliphatic carbocycles. The lowest BCUT2D eigenvalue weighted by Crippen LogP contribution is -2.47. The number of anilines is 1. The van der Waals surface area contributed by atoms with Crippen LogP contribution in [0.5, 0.6) is 0 Å². The predicted molar refractivity (Wildman–Crippen MR) is 112 cm³/mol. The Hall–Kier alpha value is -3.09. The van der Waals surface area contributed by atoms with E-state index in [1.165, 1.54) is 0 Å². The summed E-state index contributed by atoms with van der Waals surface area (Å²) in [5.74, 6) is 0.769. The van der Waals surface area contributed by atoms with Gasteiger partial charge in [-0.3, -0.25) is 9.88 Å². The zero-order chi connectivity index (χ0) is 20.1. The number of hydrogen-bond donors (Lipinski definition) is 0. The molecule has 9 heteroatoms. The first kappa shape index (κ1) is 19.2. The zero-order valence-electron chi connectivity index (χ0n) is 16.1. The second-order valence-corrected chi connectivity index (χ2v) is 7.28. The van der Waals surface area contributed by atoms with Gasteiger partial charge in [0, 0.05) is 57.2 Å². The highest BCUT2D eigenvalue weighted by atomic mass is 32.1.